The van der Waals surface area contributed by atoms with Gasteiger partial charge in [0, 0.05) is 44.8 Å². The minimum Gasteiger partial charge on any atom is -0.456 e. The number of hydrogen-bond donors (Lipinski definition) is 0. The topological polar surface area (TPSA) is 19.6 Å². The van der Waals surface area contributed by atoms with Crippen molar-refractivity contribution in [3.05, 3.63) is 162 Å². The fourth-order valence-corrected chi connectivity index (χ4v) is 8.38. The monoisotopic (exact) mass is 642 g/mol. The predicted octanol–water partition coefficient (Wildman–Crippen LogP) is 10.6. The quantitative estimate of drug-likeness (QED) is 0.179. The molecule has 0 unspecified atom stereocenters. The number of fused-ring (bicyclic) bond motifs is 7. The second-order valence-corrected chi connectivity index (χ2v) is 14.1. The molecular formula is C46H35BN2O. The van der Waals surface area contributed by atoms with Crippen LogP contribution in [0.4, 0.5) is 34.1 Å². The van der Waals surface area contributed by atoms with Gasteiger partial charge in [0.1, 0.15) is 11.2 Å². The van der Waals surface area contributed by atoms with Crippen molar-refractivity contribution in [3.8, 4) is 11.1 Å². The highest BCUT2D eigenvalue weighted by Gasteiger charge is 2.43. The Bertz CT molecular complexity index is 2670. The van der Waals surface area contributed by atoms with Crippen LogP contribution in [0.25, 0.3) is 33.1 Å². The van der Waals surface area contributed by atoms with Crippen LogP contribution < -0.4 is 26.2 Å². The first kappa shape index (κ1) is 29.0. The maximum atomic E-state index is 6.24. The van der Waals surface area contributed by atoms with Crippen LogP contribution in [0.2, 0.25) is 0 Å². The fourth-order valence-electron chi connectivity index (χ4n) is 8.38. The van der Waals surface area contributed by atoms with Gasteiger partial charge in [-0.05, 0) is 116 Å². The molecule has 1 aromatic heterocycles. The fraction of sp³-hybridized carbons (Fsp3) is 0.0870. The summed E-state index contributed by atoms with van der Waals surface area (Å²) in [7, 11) is 0. The lowest BCUT2D eigenvalue weighted by Crippen LogP contribution is -2.61. The molecule has 0 radical (unpaired) electrons. The van der Waals surface area contributed by atoms with Crippen molar-refractivity contribution < 1.29 is 4.42 Å². The Balaban J connectivity index is 1.26. The Hall–Kier alpha value is -6.00. The predicted molar refractivity (Wildman–Crippen MR) is 212 cm³/mol. The zero-order valence-electron chi connectivity index (χ0n) is 28.7. The molecule has 0 bridgehead atoms. The number of anilines is 6. The number of hydrogen-bond acceptors (Lipinski definition) is 3. The largest absolute Gasteiger partial charge is 0.456 e. The Morgan fingerprint density at radius 1 is 0.440 bits per heavy atom. The highest BCUT2D eigenvalue weighted by Crippen LogP contribution is 2.47. The highest BCUT2D eigenvalue weighted by atomic mass is 16.3. The van der Waals surface area contributed by atoms with E-state index in [4.69, 9.17) is 4.42 Å². The molecule has 0 amide bonds. The van der Waals surface area contributed by atoms with Crippen LogP contribution >= 0.6 is 0 Å². The van der Waals surface area contributed by atoms with E-state index < -0.39 is 0 Å². The van der Waals surface area contributed by atoms with E-state index in [1.807, 2.05) is 12.1 Å². The zero-order chi connectivity index (χ0) is 33.7. The van der Waals surface area contributed by atoms with E-state index in [-0.39, 0.29) is 6.71 Å². The first-order valence-electron chi connectivity index (χ1n) is 17.5. The van der Waals surface area contributed by atoms with Crippen molar-refractivity contribution >= 4 is 79.2 Å². The van der Waals surface area contributed by atoms with Crippen molar-refractivity contribution in [1.82, 2.24) is 0 Å². The van der Waals surface area contributed by atoms with Gasteiger partial charge in [0.15, 0.2) is 0 Å². The van der Waals surface area contributed by atoms with E-state index in [0.717, 1.165) is 27.6 Å². The van der Waals surface area contributed by atoms with E-state index in [1.165, 1.54) is 78.2 Å². The van der Waals surface area contributed by atoms with Crippen LogP contribution in [0.1, 0.15) is 22.3 Å². The maximum absolute atomic E-state index is 6.24. The number of rotatable bonds is 3. The molecule has 2 aliphatic heterocycles. The van der Waals surface area contributed by atoms with Gasteiger partial charge in [-0.15, -0.1) is 0 Å². The van der Waals surface area contributed by atoms with Crippen LogP contribution in [0.3, 0.4) is 0 Å². The average molecular weight is 643 g/mol. The van der Waals surface area contributed by atoms with Crippen molar-refractivity contribution in [1.29, 1.82) is 0 Å². The van der Waals surface area contributed by atoms with Gasteiger partial charge < -0.3 is 14.2 Å². The second kappa shape index (κ2) is 10.8. The molecule has 8 aromatic rings. The van der Waals surface area contributed by atoms with Crippen molar-refractivity contribution in [2.24, 2.45) is 0 Å². The molecule has 0 aliphatic carbocycles. The van der Waals surface area contributed by atoms with E-state index in [0.29, 0.717) is 0 Å². The maximum Gasteiger partial charge on any atom is 0.252 e. The lowest BCUT2D eigenvalue weighted by molar-refractivity contribution is 0.669. The summed E-state index contributed by atoms with van der Waals surface area (Å²) < 4.78 is 6.24. The molecular weight excluding hydrogens is 607 g/mol. The Labute approximate surface area is 293 Å². The van der Waals surface area contributed by atoms with Gasteiger partial charge in [0.2, 0.25) is 0 Å². The molecule has 0 spiro atoms. The first-order valence-corrected chi connectivity index (χ1v) is 17.5. The molecule has 2 aliphatic rings. The molecule has 10 rings (SSSR count). The highest BCUT2D eigenvalue weighted by molar-refractivity contribution is 7.00. The second-order valence-electron chi connectivity index (χ2n) is 14.1. The molecule has 0 saturated carbocycles. The van der Waals surface area contributed by atoms with E-state index in [2.05, 4.69) is 165 Å². The molecule has 4 heteroatoms. The zero-order valence-corrected chi connectivity index (χ0v) is 28.7. The van der Waals surface area contributed by atoms with E-state index in [9.17, 15) is 0 Å². The van der Waals surface area contributed by atoms with Gasteiger partial charge in [-0.2, -0.15) is 0 Å². The Morgan fingerprint density at radius 2 is 1.04 bits per heavy atom. The molecule has 50 heavy (non-hydrogen) atoms. The van der Waals surface area contributed by atoms with Crippen molar-refractivity contribution in [3.63, 3.8) is 0 Å². The Morgan fingerprint density at radius 3 is 1.78 bits per heavy atom. The third kappa shape index (κ3) is 4.24. The van der Waals surface area contributed by atoms with E-state index >= 15 is 0 Å². The smallest absolute Gasteiger partial charge is 0.252 e. The lowest BCUT2D eigenvalue weighted by Gasteiger charge is -2.44. The molecule has 0 fully saturated rings. The summed E-state index contributed by atoms with van der Waals surface area (Å²) in [6, 6.07) is 51.6. The SMILES string of the molecule is Cc1ccc(N2c3ccc(C)cc3B3c4cc(C)ccc4N(c4ccc(C)cc4-c4ccc5oc6ccccc6c5c4)c4cccc2c43)cc1. The molecule has 238 valence electrons. The molecule has 3 heterocycles. The Kier molecular flexibility index (Phi) is 6.23. The van der Waals surface area contributed by atoms with Crippen molar-refractivity contribution in [2.45, 2.75) is 27.7 Å². The summed E-state index contributed by atoms with van der Waals surface area (Å²) in [5.41, 5.74) is 20.5. The third-order valence-electron chi connectivity index (χ3n) is 10.7. The molecule has 3 nitrogen and oxygen atoms in total. The summed E-state index contributed by atoms with van der Waals surface area (Å²) in [5.74, 6) is 0. The minimum atomic E-state index is 0.103. The summed E-state index contributed by atoms with van der Waals surface area (Å²) in [6.45, 7) is 8.87. The van der Waals surface area contributed by atoms with Crippen LogP contribution in [0.15, 0.2) is 144 Å². The molecule has 0 atom stereocenters. The number of aryl methyl sites for hydroxylation is 4. The molecule has 7 aromatic carbocycles. The van der Waals surface area contributed by atoms with Crippen LogP contribution in [-0.2, 0) is 0 Å². The first-order chi connectivity index (χ1) is 24.4. The van der Waals surface area contributed by atoms with E-state index in [1.54, 1.807) is 0 Å². The molecule has 0 saturated heterocycles. The molecule has 0 N–H and O–H groups in total. The van der Waals surface area contributed by atoms with Gasteiger partial charge in [0.05, 0.1) is 5.69 Å². The van der Waals surface area contributed by atoms with Gasteiger partial charge in [0.25, 0.3) is 6.71 Å². The number of para-hydroxylation sites is 1. The summed E-state index contributed by atoms with van der Waals surface area (Å²) in [6.07, 6.45) is 0. The normalized spacial score (nSPS) is 13.1. The van der Waals surface area contributed by atoms with Crippen LogP contribution in [0, 0.1) is 27.7 Å². The lowest BCUT2D eigenvalue weighted by atomic mass is 9.33. The summed E-state index contributed by atoms with van der Waals surface area (Å²) in [4.78, 5) is 4.99. The van der Waals surface area contributed by atoms with Gasteiger partial charge >= 0.3 is 0 Å². The number of benzene rings is 7. The third-order valence-corrected chi connectivity index (χ3v) is 10.7. The summed E-state index contributed by atoms with van der Waals surface area (Å²) in [5, 5.41) is 2.28. The van der Waals surface area contributed by atoms with Crippen LogP contribution in [0.5, 0.6) is 0 Å². The van der Waals surface area contributed by atoms with Crippen LogP contribution in [-0.4, -0.2) is 6.71 Å². The average Bonchev–Trinajstić information content (AvgIpc) is 3.50. The number of furan rings is 1. The number of nitrogens with zero attached hydrogens (tertiary/aromatic N) is 2. The summed E-state index contributed by atoms with van der Waals surface area (Å²) >= 11 is 0. The van der Waals surface area contributed by atoms with Gasteiger partial charge in [-0.1, -0.05) is 95.1 Å². The van der Waals surface area contributed by atoms with Gasteiger partial charge in [-0.25, -0.2) is 0 Å². The standard InChI is InChI=1S/C46H35BN2O/c1-28-12-18-33(19-13-28)48-40-21-15-30(3)25-37(40)47-38-26-31(4)16-22-41(38)49(43-10-7-9-42(48)46(43)47)39-20-14-29(2)24-35(39)32-17-23-45-36(27-32)34-8-5-6-11-44(34)50-45/h5-27H,1-4H3. The van der Waals surface area contributed by atoms with Gasteiger partial charge in [-0.3, -0.25) is 0 Å². The van der Waals surface area contributed by atoms with Crippen molar-refractivity contribution in [2.75, 3.05) is 9.80 Å². The minimum absolute atomic E-state index is 0.103.